The Morgan fingerprint density at radius 2 is 1.67 bits per heavy atom. The van der Waals surface area contributed by atoms with Crippen LogP contribution in [0.25, 0.3) is 10.7 Å². The molecule has 2 aromatic heterocycles. The van der Waals surface area contributed by atoms with Gasteiger partial charge >= 0.3 is 0 Å². The Morgan fingerprint density at radius 1 is 1.00 bits per heavy atom. The first kappa shape index (κ1) is 15.9. The highest BCUT2D eigenvalue weighted by Gasteiger charge is 2.21. The highest BCUT2D eigenvalue weighted by Crippen LogP contribution is 2.34. The molecule has 2 aromatic rings. The van der Waals surface area contributed by atoms with Gasteiger partial charge in [0, 0.05) is 16.4 Å². The summed E-state index contributed by atoms with van der Waals surface area (Å²) in [7, 11) is 0. The second kappa shape index (κ2) is 5.39. The largest absolute Gasteiger partial charge is 0.308 e. The summed E-state index contributed by atoms with van der Waals surface area (Å²) in [5.74, 6) is 6.93. The molecule has 4 nitrogen and oxygen atoms in total. The van der Waals surface area contributed by atoms with Crippen LogP contribution in [0.1, 0.15) is 52.1 Å². The number of nitrogen functional groups attached to an aromatic ring is 1. The molecule has 0 aliphatic rings. The highest BCUT2D eigenvalue weighted by atomic mass is 32.1. The maximum Gasteiger partial charge on any atom is 0.171 e. The first-order chi connectivity index (χ1) is 9.61. The number of hydrazine groups is 1. The lowest BCUT2D eigenvalue weighted by Gasteiger charge is -2.19. The Hall–Kier alpha value is -1.46. The molecule has 0 amide bonds. The van der Waals surface area contributed by atoms with Crippen molar-refractivity contribution in [1.82, 2.24) is 9.97 Å². The van der Waals surface area contributed by atoms with Crippen LogP contribution in [0.2, 0.25) is 0 Å². The third-order valence-electron chi connectivity index (χ3n) is 3.21. The minimum absolute atomic E-state index is 0.0482. The summed E-state index contributed by atoms with van der Waals surface area (Å²) in [6, 6.07) is 6.15. The van der Waals surface area contributed by atoms with Crippen LogP contribution >= 0.6 is 11.3 Å². The Labute approximate surface area is 130 Å². The molecule has 0 fully saturated rings. The first-order valence-corrected chi connectivity index (χ1v) is 7.90. The zero-order valence-electron chi connectivity index (χ0n) is 13.6. The summed E-state index contributed by atoms with van der Waals surface area (Å²) in [5.41, 5.74) is 3.71. The van der Waals surface area contributed by atoms with Crippen molar-refractivity contribution in [2.75, 3.05) is 5.43 Å². The standard InChI is InChI=1S/C16H24N4S/c1-15(2,3)11-9-13(20-17)19-14(18-11)10-7-8-12(21-10)16(4,5)6/h7-9H,17H2,1-6H3,(H,18,19,20). The lowest BCUT2D eigenvalue weighted by molar-refractivity contribution is 0.568. The second-order valence-corrected chi connectivity index (χ2v) is 8.35. The van der Waals surface area contributed by atoms with Crippen LogP contribution in [-0.2, 0) is 10.8 Å². The van der Waals surface area contributed by atoms with E-state index in [0.29, 0.717) is 5.82 Å². The molecular weight excluding hydrogens is 280 g/mol. The van der Waals surface area contributed by atoms with Gasteiger partial charge < -0.3 is 5.43 Å². The van der Waals surface area contributed by atoms with E-state index in [-0.39, 0.29) is 10.8 Å². The fourth-order valence-electron chi connectivity index (χ4n) is 1.88. The van der Waals surface area contributed by atoms with E-state index in [0.717, 1.165) is 16.4 Å². The van der Waals surface area contributed by atoms with Crippen LogP contribution in [0.4, 0.5) is 5.82 Å². The van der Waals surface area contributed by atoms with Gasteiger partial charge in [-0.05, 0) is 17.5 Å². The molecule has 0 saturated carbocycles. The molecule has 5 heteroatoms. The third kappa shape index (κ3) is 3.60. The lowest BCUT2D eigenvalue weighted by Crippen LogP contribution is -2.17. The highest BCUT2D eigenvalue weighted by molar-refractivity contribution is 7.15. The number of anilines is 1. The molecule has 0 aliphatic carbocycles. The van der Waals surface area contributed by atoms with Gasteiger partial charge in [-0.3, -0.25) is 0 Å². The Bertz CT molecular complexity index is 632. The van der Waals surface area contributed by atoms with Crippen molar-refractivity contribution in [3.05, 3.63) is 28.8 Å². The number of thiophene rings is 1. The molecule has 0 aliphatic heterocycles. The molecule has 0 bridgehead atoms. The average Bonchev–Trinajstić information content (AvgIpc) is 2.86. The normalized spacial score (nSPS) is 12.5. The molecule has 0 spiro atoms. The molecular formula is C16H24N4S. The van der Waals surface area contributed by atoms with Gasteiger partial charge in [-0.25, -0.2) is 15.8 Å². The Morgan fingerprint density at radius 3 is 2.14 bits per heavy atom. The topological polar surface area (TPSA) is 63.8 Å². The van der Waals surface area contributed by atoms with Crippen LogP contribution in [0.15, 0.2) is 18.2 Å². The molecule has 0 aromatic carbocycles. The van der Waals surface area contributed by atoms with Gasteiger partial charge in [0.05, 0.1) is 10.6 Å². The van der Waals surface area contributed by atoms with Gasteiger partial charge in [0.15, 0.2) is 5.82 Å². The summed E-state index contributed by atoms with van der Waals surface area (Å²) in [6.07, 6.45) is 0. The van der Waals surface area contributed by atoms with E-state index in [1.807, 2.05) is 6.07 Å². The van der Waals surface area contributed by atoms with Crippen LogP contribution in [0.5, 0.6) is 0 Å². The smallest absolute Gasteiger partial charge is 0.171 e. The molecule has 2 rings (SSSR count). The molecule has 0 atom stereocenters. The van der Waals surface area contributed by atoms with E-state index in [2.05, 4.69) is 64.1 Å². The maximum atomic E-state index is 5.55. The second-order valence-electron chi connectivity index (χ2n) is 7.27. The van der Waals surface area contributed by atoms with E-state index < -0.39 is 0 Å². The number of nitrogens with two attached hydrogens (primary N) is 1. The van der Waals surface area contributed by atoms with Crippen molar-refractivity contribution in [3.63, 3.8) is 0 Å². The van der Waals surface area contributed by atoms with E-state index in [1.165, 1.54) is 4.88 Å². The summed E-state index contributed by atoms with van der Waals surface area (Å²) in [4.78, 5) is 11.6. The minimum atomic E-state index is -0.0482. The number of rotatable bonds is 2. The predicted octanol–water partition coefficient (Wildman–Crippen LogP) is 4.09. The van der Waals surface area contributed by atoms with Gasteiger partial charge in [0.2, 0.25) is 0 Å². The Balaban J connectivity index is 2.51. The van der Waals surface area contributed by atoms with Crippen LogP contribution in [0, 0.1) is 0 Å². The van der Waals surface area contributed by atoms with Crippen LogP contribution < -0.4 is 11.3 Å². The maximum absolute atomic E-state index is 5.55. The molecule has 2 heterocycles. The van der Waals surface area contributed by atoms with Gasteiger partial charge in [0.25, 0.3) is 0 Å². The van der Waals surface area contributed by atoms with Gasteiger partial charge in [-0.1, -0.05) is 41.5 Å². The number of aromatic nitrogens is 2. The lowest BCUT2D eigenvalue weighted by atomic mass is 9.92. The number of nitrogens with one attached hydrogen (secondary N) is 1. The summed E-state index contributed by atoms with van der Waals surface area (Å²) in [6.45, 7) is 13.0. The fourth-order valence-corrected chi connectivity index (χ4v) is 2.87. The number of hydrogen-bond acceptors (Lipinski definition) is 5. The van der Waals surface area contributed by atoms with Crippen molar-refractivity contribution in [3.8, 4) is 10.7 Å². The van der Waals surface area contributed by atoms with E-state index in [9.17, 15) is 0 Å². The van der Waals surface area contributed by atoms with E-state index in [4.69, 9.17) is 10.8 Å². The zero-order valence-corrected chi connectivity index (χ0v) is 14.4. The van der Waals surface area contributed by atoms with Gasteiger partial charge in [-0.15, -0.1) is 11.3 Å². The van der Waals surface area contributed by atoms with Gasteiger partial charge in [0.1, 0.15) is 5.82 Å². The molecule has 0 radical (unpaired) electrons. The first-order valence-electron chi connectivity index (χ1n) is 7.08. The summed E-state index contributed by atoms with van der Waals surface area (Å²) in [5, 5.41) is 0. The Kier molecular flexibility index (Phi) is 4.08. The van der Waals surface area contributed by atoms with Crippen molar-refractivity contribution in [2.45, 2.75) is 52.4 Å². The number of nitrogens with zero attached hydrogens (tertiary/aromatic N) is 2. The van der Waals surface area contributed by atoms with Crippen molar-refractivity contribution in [1.29, 1.82) is 0 Å². The quantitative estimate of drug-likeness (QED) is 0.648. The molecule has 21 heavy (non-hydrogen) atoms. The average molecular weight is 304 g/mol. The minimum Gasteiger partial charge on any atom is -0.308 e. The fraction of sp³-hybridized carbons (Fsp3) is 0.500. The van der Waals surface area contributed by atoms with Crippen LogP contribution in [0.3, 0.4) is 0 Å². The molecule has 114 valence electrons. The number of hydrogen-bond donors (Lipinski definition) is 2. The SMILES string of the molecule is CC(C)(C)c1cc(NN)nc(-c2ccc(C(C)(C)C)s2)n1. The van der Waals surface area contributed by atoms with Crippen molar-refractivity contribution >= 4 is 17.2 Å². The van der Waals surface area contributed by atoms with E-state index in [1.54, 1.807) is 11.3 Å². The monoisotopic (exact) mass is 304 g/mol. The zero-order chi connectivity index (χ0) is 15.8. The summed E-state index contributed by atoms with van der Waals surface area (Å²) < 4.78 is 0. The van der Waals surface area contributed by atoms with Crippen molar-refractivity contribution < 1.29 is 0 Å². The molecule has 0 saturated heterocycles. The van der Waals surface area contributed by atoms with Gasteiger partial charge in [-0.2, -0.15) is 0 Å². The van der Waals surface area contributed by atoms with Crippen molar-refractivity contribution in [2.24, 2.45) is 5.84 Å². The summed E-state index contributed by atoms with van der Waals surface area (Å²) >= 11 is 1.74. The van der Waals surface area contributed by atoms with Crippen LogP contribution in [-0.4, -0.2) is 9.97 Å². The molecule has 0 unspecified atom stereocenters. The third-order valence-corrected chi connectivity index (χ3v) is 4.71. The van der Waals surface area contributed by atoms with E-state index >= 15 is 0 Å². The predicted molar refractivity (Wildman–Crippen MR) is 90.6 cm³/mol. The molecule has 3 N–H and O–H groups in total.